The summed E-state index contributed by atoms with van der Waals surface area (Å²) in [5, 5.41) is 11.7. The first kappa shape index (κ1) is 12.6. The van der Waals surface area contributed by atoms with Gasteiger partial charge in [-0.2, -0.15) is 11.8 Å². The van der Waals surface area contributed by atoms with Gasteiger partial charge in [0.05, 0.1) is 0 Å². The molecule has 0 spiro atoms. The van der Waals surface area contributed by atoms with Crippen LogP contribution in [0.25, 0.3) is 0 Å². The van der Waals surface area contributed by atoms with Crippen LogP contribution < -0.4 is 5.73 Å². The molecule has 0 aromatic carbocycles. The molecule has 0 bridgehead atoms. The Bertz CT molecular complexity index is 225. The Balaban J connectivity index is 2.34. The molecule has 1 aliphatic rings. The number of nitrogens with two attached hydrogens (primary N) is 1. The van der Waals surface area contributed by atoms with Gasteiger partial charge < -0.3 is 15.8 Å². The Kier molecular flexibility index (Phi) is 4.73. The summed E-state index contributed by atoms with van der Waals surface area (Å²) in [6, 6.07) is 0. The summed E-state index contributed by atoms with van der Waals surface area (Å²) < 4.78 is 0. The van der Waals surface area contributed by atoms with Crippen LogP contribution in [0.15, 0.2) is 5.16 Å². The number of amidine groups is 1. The number of hydrogen-bond acceptors (Lipinski definition) is 4. The smallest absolute Gasteiger partial charge is 0.144 e. The second kappa shape index (κ2) is 5.61. The third kappa shape index (κ3) is 3.91. The fourth-order valence-corrected chi connectivity index (χ4v) is 2.50. The van der Waals surface area contributed by atoms with E-state index >= 15 is 0 Å². The van der Waals surface area contributed by atoms with Crippen LogP contribution in [-0.2, 0) is 0 Å². The summed E-state index contributed by atoms with van der Waals surface area (Å²) in [5.41, 5.74) is 5.43. The van der Waals surface area contributed by atoms with Crippen molar-refractivity contribution in [3.05, 3.63) is 0 Å². The van der Waals surface area contributed by atoms with Crippen LogP contribution in [-0.4, -0.2) is 47.1 Å². The van der Waals surface area contributed by atoms with Gasteiger partial charge in [0.2, 0.25) is 0 Å². The van der Waals surface area contributed by atoms with E-state index in [0.717, 1.165) is 26.1 Å². The largest absolute Gasteiger partial charge is 0.409 e. The molecule has 0 saturated carbocycles. The molecule has 1 saturated heterocycles. The molecule has 1 rings (SSSR count). The van der Waals surface area contributed by atoms with Crippen LogP contribution in [0.3, 0.4) is 0 Å². The molecule has 1 aliphatic heterocycles. The predicted molar refractivity (Wildman–Crippen MR) is 65.6 cm³/mol. The molecule has 0 unspecified atom stereocenters. The lowest BCUT2D eigenvalue weighted by Crippen LogP contribution is -2.39. The third-order valence-electron chi connectivity index (χ3n) is 2.96. The van der Waals surface area contributed by atoms with E-state index in [0.29, 0.717) is 5.84 Å². The maximum absolute atomic E-state index is 8.65. The molecule has 0 aromatic heterocycles. The lowest BCUT2D eigenvalue weighted by atomic mass is 9.88. The summed E-state index contributed by atoms with van der Waals surface area (Å²) >= 11 is 2.01. The summed E-state index contributed by atoms with van der Waals surface area (Å²) in [6.07, 6.45) is 0.938. The molecule has 88 valence electrons. The van der Waals surface area contributed by atoms with E-state index in [1.54, 1.807) is 0 Å². The standard InChI is InChI=1S/C10H21N3OS/c1-10(2,9(11)12-14)3-4-13-5-7-15-8-6-13/h14H,3-8H2,1-2H3,(H2,11,12). The lowest BCUT2D eigenvalue weighted by molar-refractivity contribution is 0.259. The van der Waals surface area contributed by atoms with Gasteiger partial charge in [0.25, 0.3) is 0 Å². The van der Waals surface area contributed by atoms with Crippen LogP contribution in [0.5, 0.6) is 0 Å². The van der Waals surface area contributed by atoms with Gasteiger partial charge in [-0.05, 0) is 13.0 Å². The van der Waals surface area contributed by atoms with E-state index in [4.69, 9.17) is 10.9 Å². The highest BCUT2D eigenvalue weighted by atomic mass is 32.2. The topological polar surface area (TPSA) is 61.8 Å². The van der Waals surface area contributed by atoms with Gasteiger partial charge >= 0.3 is 0 Å². The Morgan fingerprint density at radius 1 is 1.47 bits per heavy atom. The van der Waals surface area contributed by atoms with Gasteiger partial charge in [-0.25, -0.2) is 0 Å². The predicted octanol–water partition coefficient (Wildman–Crippen LogP) is 1.20. The average Bonchev–Trinajstić information content (AvgIpc) is 2.27. The minimum Gasteiger partial charge on any atom is -0.409 e. The number of thioether (sulfide) groups is 1. The molecule has 1 fully saturated rings. The molecule has 0 amide bonds. The maximum atomic E-state index is 8.65. The highest BCUT2D eigenvalue weighted by molar-refractivity contribution is 7.99. The zero-order valence-corrected chi connectivity index (χ0v) is 10.4. The summed E-state index contributed by atoms with van der Waals surface area (Å²) in [5.74, 6) is 2.78. The van der Waals surface area contributed by atoms with E-state index < -0.39 is 0 Å². The molecule has 0 aliphatic carbocycles. The van der Waals surface area contributed by atoms with E-state index in [1.165, 1.54) is 11.5 Å². The van der Waals surface area contributed by atoms with E-state index in [-0.39, 0.29) is 5.41 Å². The summed E-state index contributed by atoms with van der Waals surface area (Å²) in [7, 11) is 0. The molecule has 3 N–H and O–H groups in total. The monoisotopic (exact) mass is 231 g/mol. The molecule has 15 heavy (non-hydrogen) atoms. The summed E-state index contributed by atoms with van der Waals surface area (Å²) in [4.78, 5) is 2.45. The SMILES string of the molecule is CC(C)(CCN1CCSCC1)C(N)=NO. The van der Waals surface area contributed by atoms with Gasteiger partial charge in [-0.1, -0.05) is 19.0 Å². The average molecular weight is 231 g/mol. The second-order valence-electron chi connectivity index (χ2n) is 4.57. The van der Waals surface area contributed by atoms with Crippen molar-refractivity contribution in [1.82, 2.24) is 4.90 Å². The molecule has 0 atom stereocenters. The molecule has 5 heteroatoms. The quantitative estimate of drug-likeness (QED) is 0.330. The van der Waals surface area contributed by atoms with Crippen LogP contribution in [0, 0.1) is 5.41 Å². The lowest BCUT2D eigenvalue weighted by Gasteiger charge is -2.30. The Morgan fingerprint density at radius 3 is 2.60 bits per heavy atom. The van der Waals surface area contributed by atoms with Crippen molar-refractivity contribution in [2.24, 2.45) is 16.3 Å². The van der Waals surface area contributed by atoms with Crippen molar-refractivity contribution in [2.75, 3.05) is 31.1 Å². The van der Waals surface area contributed by atoms with Crippen LogP contribution in [0.1, 0.15) is 20.3 Å². The molecular formula is C10H21N3OS. The maximum Gasteiger partial charge on any atom is 0.144 e. The normalized spacial score (nSPS) is 20.5. The number of hydrogen-bond donors (Lipinski definition) is 2. The Labute approximate surface area is 95.9 Å². The van der Waals surface area contributed by atoms with Crippen molar-refractivity contribution in [3.8, 4) is 0 Å². The van der Waals surface area contributed by atoms with E-state index in [1.807, 2.05) is 25.6 Å². The van der Waals surface area contributed by atoms with Crippen LogP contribution in [0.2, 0.25) is 0 Å². The van der Waals surface area contributed by atoms with Crippen molar-refractivity contribution >= 4 is 17.6 Å². The van der Waals surface area contributed by atoms with Gasteiger partial charge in [0.1, 0.15) is 5.84 Å². The Hall–Kier alpha value is -0.420. The first-order chi connectivity index (χ1) is 7.06. The summed E-state index contributed by atoms with van der Waals surface area (Å²) in [6.45, 7) is 7.39. The van der Waals surface area contributed by atoms with Gasteiger partial charge in [-0.15, -0.1) is 0 Å². The molecule has 0 radical (unpaired) electrons. The molecule has 1 heterocycles. The van der Waals surface area contributed by atoms with E-state index in [2.05, 4.69) is 10.1 Å². The minimum atomic E-state index is -0.209. The van der Waals surface area contributed by atoms with Gasteiger partial charge in [0.15, 0.2) is 0 Å². The van der Waals surface area contributed by atoms with Crippen molar-refractivity contribution in [2.45, 2.75) is 20.3 Å². The van der Waals surface area contributed by atoms with Crippen molar-refractivity contribution in [1.29, 1.82) is 0 Å². The molecular weight excluding hydrogens is 210 g/mol. The van der Waals surface area contributed by atoms with Crippen LogP contribution in [0.4, 0.5) is 0 Å². The molecule has 0 aromatic rings. The Morgan fingerprint density at radius 2 is 2.07 bits per heavy atom. The van der Waals surface area contributed by atoms with Crippen molar-refractivity contribution < 1.29 is 5.21 Å². The highest BCUT2D eigenvalue weighted by Crippen LogP contribution is 2.21. The third-order valence-corrected chi connectivity index (χ3v) is 3.90. The van der Waals surface area contributed by atoms with Crippen molar-refractivity contribution in [3.63, 3.8) is 0 Å². The van der Waals surface area contributed by atoms with Crippen LogP contribution >= 0.6 is 11.8 Å². The zero-order valence-electron chi connectivity index (χ0n) is 9.57. The minimum absolute atomic E-state index is 0.209. The fraction of sp³-hybridized carbons (Fsp3) is 0.900. The highest BCUT2D eigenvalue weighted by Gasteiger charge is 2.24. The second-order valence-corrected chi connectivity index (χ2v) is 5.80. The molecule has 4 nitrogen and oxygen atoms in total. The van der Waals surface area contributed by atoms with Gasteiger partial charge in [0, 0.05) is 30.0 Å². The van der Waals surface area contributed by atoms with E-state index in [9.17, 15) is 0 Å². The number of rotatable bonds is 4. The zero-order chi connectivity index (χ0) is 11.3. The number of nitrogens with zero attached hydrogens (tertiary/aromatic N) is 2. The van der Waals surface area contributed by atoms with Gasteiger partial charge in [-0.3, -0.25) is 0 Å². The first-order valence-electron chi connectivity index (χ1n) is 5.34. The first-order valence-corrected chi connectivity index (χ1v) is 6.50. The fourth-order valence-electron chi connectivity index (χ4n) is 1.53. The number of oxime groups is 1.